The second-order valence-corrected chi connectivity index (χ2v) is 6.80. The Morgan fingerprint density at radius 3 is 2.84 bits per heavy atom. The van der Waals surface area contributed by atoms with Gasteiger partial charge in [-0.1, -0.05) is 34.6 Å². The summed E-state index contributed by atoms with van der Waals surface area (Å²) >= 11 is 1.49. The van der Waals surface area contributed by atoms with E-state index in [0.717, 1.165) is 16.4 Å². The summed E-state index contributed by atoms with van der Waals surface area (Å²) < 4.78 is 6.86. The molecule has 0 saturated heterocycles. The number of hydrogen-bond acceptors (Lipinski definition) is 6. The molecule has 0 aliphatic rings. The zero-order chi connectivity index (χ0) is 17.8. The maximum Gasteiger partial charge on any atom is 0.226 e. The van der Waals surface area contributed by atoms with Gasteiger partial charge in [0, 0.05) is 18.2 Å². The fraction of sp³-hybridized carbons (Fsp3) is 0.294. The van der Waals surface area contributed by atoms with Crippen LogP contribution in [-0.4, -0.2) is 31.6 Å². The molecule has 1 amide bonds. The van der Waals surface area contributed by atoms with E-state index in [1.807, 2.05) is 4.57 Å². The third-order valence-electron chi connectivity index (χ3n) is 3.58. The highest BCUT2D eigenvalue weighted by Crippen LogP contribution is 2.23. The van der Waals surface area contributed by atoms with Crippen molar-refractivity contribution in [3.05, 3.63) is 47.5 Å². The summed E-state index contributed by atoms with van der Waals surface area (Å²) in [5.74, 6) is 1.57. The van der Waals surface area contributed by atoms with Gasteiger partial charge in [0.05, 0.1) is 5.69 Å². The van der Waals surface area contributed by atoms with Crippen LogP contribution in [0.1, 0.15) is 23.3 Å². The molecule has 0 bridgehead atoms. The van der Waals surface area contributed by atoms with Crippen LogP contribution >= 0.6 is 11.8 Å². The molecule has 8 heteroatoms. The minimum absolute atomic E-state index is 0.113. The molecule has 1 N–H and O–H groups in total. The van der Waals surface area contributed by atoms with E-state index < -0.39 is 0 Å². The van der Waals surface area contributed by atoms with Gasteiger partial charge in [0.25, 0.3) is 0 Å². The van der Waals surface area contributed by atoms with Crippen molar-refractivity contribution in [3.63, 3.8) is 0 Å². The second-order valence-electron chi connectivity index (χ2n) is 5.74. The average Bonchev–Trinajstić information content (AvgIpc) is 3.17. The van der Waals surface area contributed by atoms with Crippen LogP contribution in [0.15, 0.2) is 40.3 Å². The molecule has 2 aromatic heterocycles. The number of hydrogen-bond donors (Lipinski definition) is 1. The van der Waals surface area contributed by atoms with Crippen molar-refractivity contribution in [1.29, 1.82) is 0 Å². The Morgan fingerprint density at radius 1 is 1.28 bits per heavy atom. The molecule has 3 rings (SSSR count). The number of amides is 1. The monoisotopic (exact) mass is 357 g/mol. The van der Waals surface area contributed by atoms with Gasteiger partial charge in [-0.2, -0.15) is 0 Å². The lowest BCUT2D eigenvalue weighted by Crippen LogP contribution is -2.12. The molecular weight excluding hydrogens is 338 g/mol. The third-order valence-corrected chi connectivity index (χ3v) is 4.53. The summed E-state index contributed by atoms with van der Waals surface area (Å²) in [6.07, 6.45) is 2.04. The van der Waals surface area contributed by atoms with Crippen molar-refractivity contribution < 1.29 is 9.32 Å². The van der Waals surface area contributed by atoms with Crippen molar-refractivity contribution in [2.75, 3.05) is 11.1 Å². The molecule has 0 radical (unpaired) electrons. The third kappa shape index (κ3) is 4.27. The number of aryl methyl sites for hydroxylation is 3. The summed E-state index contributed by atoms with van der Waals surface area (Å²) in [5, 5.41) is 15.4. The molecule has 7 nitrogen and oxygen atoms in total. The van der Waals surface area contributed by atoms with Crippen molar-refractivity contribution in [2.24, 2.45) is 0 Å². The molecule has 0 spiro atoms. The van der Waals surface area contributed by atoms with Crippen molar-refractivity contribution >= 4 is 23.5 Å². The number of aromatic nitrogens is 4. The molecule has 25 heavy (non-hydrogen) atoms. The van der Waals surface area contributed by atoms with Gasteiger partial charge >= 0.3 is 0 Å². The zero-order valence-electron chi connectivity index (χ0n) is 14.3. The van der Waals surface area contributed by atoms with Gasteiger partial charge < -0.3 is 9.84 Å². The minimum atomic E-state index is -0.113. The maximum absolute atomic E-state index is 11.9. The molecule has 0 aliphatic heterocycles. The van der Waals surface area contributed by atoms with Crippen LogP contribution in [0, 0.1) is 20.8 Å². The smallest absolute Gasteiger partial charge is 0.226 e. The summed E-state index contributed by atoms with van der Waals surface area (Å²) in [7, 11) is 0. The van der Waals surface area contributed by atoms with Gasteiger partial charge in [0.15, 0.2) is 11.0 Å². The van der Waals surface area contributed by atoms with E-state index in [1.54, 1.807) is 19.3 Å². The lowest BCUT2D eigenvalue weighted by Gasteiger charge is -2.10. The van der Waals surface area contributed by atoms with Crippen LogP contribution in [0.5, 0.6) is 0 Å². The number of nitrogens with zero attached hydrogens (tertiary/aromatic N) is 4. The van der Waals surface area contributed by atoms with Gasteiger partial charge in [-0.15, -0.1) is 10.2 Å². The highest BCUT2D eigenvalue weighted by Gasteiger charge is 2.11. The zero-order valence-corrected chi connectivity index (χ0v) is 15.1. The lowest BCUT2D eigenvalue weighted by molar-refractivity contribution is -0.115. The Kier molecular flexibility index (Phi) is 5.18. The maximum atomic E-state index is 11.9. The van der Waals surface area contributed by atoms with Crippen molar-refractivity contribution in [1.82, 2.24) is 19.9 Å². The number of benzene rings is 1. The Labute approximate surface area is 149 Å². The first-order valence-corrected chi connectivity index (χ1v) is 8.85. The summed E-state index contributed by atoms with van der Waals surface area (Å²) in [6.45, 7) is 5.90. The van der Waals surface area contributed by atoms with E-state index in [2.05, 4.69) is 52.7 Å². The van der Waals surface area contributed by atoms with Crippen LogP contribution in [-0.2, 0) is 4.79 Å². The molecule has 0 fully saturated rings. The molecule has 130 valence electrons. The quantitative estimate of drug-likeness (QED) is 0.681. The minimum Gasteiger partial charge on any atom is -0.360 e. The van der Waals surface area contributed by atoms with Crippen LogP contribution in [0.2, 0.25) is 0 Å². The van der Waals surface area contributed by atoms with E-state index in [-0.39, 0.29) is 5.91 Å². The average molecular weight is 357 g/mol. The highest BCUT2D eigenvalue weighted by molar-refractivity contribution is 7.99. The largest absolute Gasteiger partial charge is 0.360 e. The number of nitrogens with one attached hydrogen (secondary N) is 1. The molecule has 0 unspecified atom stereocenters. The van der Waals surface area contributed by atoms with Crippen LogP contribution in [0.3, 0.4) is 0 Å². The van der Waals surface area contributed by atoms with E-state index in [1.165, 1.54) is 17.3 Å². The number of rotatable bonds is 6. The summed E-state index contributed by atoms with van der Waals surface area (Å²) in [4.78, 5) is 11.9. The van der Waals surface area contributed by atoms with Gasteiger partial charge in [0.1, 0.15) is 12.1 Å². The standard InChI is InChI=1S/C17H19N5O2S/c1-11-4-5-14(12(2)8-11)22-10-18-20-17(22)25-7-6-16(23)19-15-9-13(3)24-21-15/h4-5,8-10H,6-7H2,1-3H3,(H,19,21,23). The van der Waals surface area contributed by atoms with Crippen LogP contribution < -0.4 is 5.32 Å². The number of thioether (sulfide) groups is 1. The van der Waals surface area contributed by atoms with E-state index in [9.17, 15) is 4.79 Å². The van der Waals surface area contributed by atoms with Crippen LogP contribution in [0.4, 0.5) is 5.82 Å². The Bertz CT molecular complexity index is 887. The molecule has 3 aromatic rings. The molecule has 0 atom stereocenters. The molecule has 0 aliphatic carbocycles. The first-order chi connectivity index (χ1) is 12.0. The Hall–Kier alpha value is -2.61. The van der Waals surface area contributed by atoms with Crippen molar-refractivity contribution in [2.45, 2.75) is 32.3 Å². The predicted molar refractivity (Wildman–Crippen MR) is 96.0 cm³/mol. The number of carbonyl (C=O) groups is 1. The van der Waals surface area contributed by atoms with Gasteiger partial charge in [0.2, 0.25) is 5.91 Å². The van der Waals surface area contributed by atoms with E-state index in [0.29, 0.717) is 23.8 Å². The van der Waals surface area contributed by atoms with Crippen molar-refractivity contribution in [3.8, 4) is 5.69 Å². The second kappa shape index (κ2) is 7.52. The summed E-state index contributed by atoms with van der Waals surface area (Å²) in [5.41, 5.74) is 3.41. The number of carbonyl (C=O) groups excluding carboxylic acids is 1. The molecular formula is C17H19N5O2S. The molecule has 0 saturated carbocycles. The normalized spacial score (nSPS) is 10.8. The SMILES string of the molecule is Cc1ccc(-n2cnnc2SCCC(=O)Nc2cc(C)on2)c(C)c1. The van der Waals surface area contributed by atoms with E-state index in [4.69, 9.17) is 4.52 Å². The lowest BCUT2D eigenvalue weighted by atomic mass is 10.1. The number of anilines is 1. The highest BCUT2D eigenvalue weighted by atomic mass is 32.2. The predicted octanol–water partition coefficient (Wildman–Crippen LogP) is 3.30. The van der Waals surface area contributed by atoms with Gasteiger partial charge in [-0.25, -0.2) is 0 Å². The topological polar surface area (TPSA) is 85.8 Å². The van der Waals surface area contributed by atoms with E-state index >= 15 is 0 Å². The Morgan fingerprint density at radius 2 is 2.12 bits per heavy atom. The van der Waals surface area contributed by atoms with Crippen LogP contribution in [0.25, 0.3) is 5.69 Å². The van der Waals surface area contributed by atoms with Gasteiger partial charge in [-0.3, -0.25) is 9.36 Å². The molecule has 1 aromatic carbocycles. The Balaban J connectivity index is 1.59. The van der Waals surface area contributed by atoms with Gasteiger partial charge in [-0.05, 0) is 32.4 Å². The molecule has 2 heterocycles. The first-order valence-electron chi connectivity index (χ1n) is 7.86. The fourth-order valence-corrected chi connectivity index (χ4v) is 3.29. The first kappa shape index (κ1) is 17.2. The summed E-state index contributed by atoms with van der Waals surface area (Å²) in [6, 6.07) is 7.92. The fourth-order valence-electron chi connectivity index (χ4n) is 2.43.